The molecule has 1 aromatic carbocycles. The Kier molecular flexibility index (Phi) is 7.06. The monoisotopic (exact) mass is 464 g/mol. The van der Waals surface area contributed by atoms with E-state index in [9.17, 15) is 4.79 Å². The lowest BCUT2D eigenvalue weighted by Crippen LogP contribution is -2.38. The molecule has 2 unspecified atom stereocenters. The zero-order valence-corrected chi connectivity index (χ0v) is 20.4. The number of hydrogen-bond donors (Lipinski definition) is 1. The van der Waals surface area contributed by atoms with Gasteiger partial charge in [-0.05, 0) is 73.0 Å². The molecule has 1 N–H and O–H groups in total. The Morgan fingerprint density at radius 1 is 1.18 bits per heavy atom. The van der Waals surface area contributed by atoms with E-state index in [2.05, 4.69) is 50.0 Å². The van der Waals surface area contributed by atoms with E-state index in [0.717, 1.165) is 67.5 Å². The van der Waals surface area contributed by atoms with Gasteiger partial charge in [0.25, 0.3) is 5.56 Å². The minimum absolute atomic E-state index is 0.0220. The van der Waals surface area contributed by atoms with E-state index in [-0.39, 0.29) is 17.7 Å². The number of fused-ring (bicyclic) bond motifs is 1. The quantitative estimate of drug-likeness (QED) is 0.529. The topological polar surface area (TPSA) is 88.9 Å². The van der Waals surface area contributed by atoms with Gasteiger partial charge in [0.1, 0.15) is 0 Å². The van der Waals surface area contributed by atoms with Crippen molar-refractivity contribution in [3.05, 3.63) is 51.6 Å². The number of aromatic nitrogens is 5. The van der Waals surface area contributed by atoms with E-state index in [1.54, 1.807) is 0 Å². The number of rotatable bonds is 8. The molecular formula is C26H36N6O2. The van der Waals surface area contributed by atoms with Crippen molar-refractivity contribution in [3.8, 4) is 0 Å². The van der Waals surface area contributed by atoms with Crippen LogP contribution in [0.25, 0.3) is 10.9 Å². The van der Waals surface area contributed by atoms with Gasteiger partial charge in [-0.3, -0.25) is 9.69 Å². The smallest absolute Gasteiger partial charge is 0.252 e. The summed E-state index contributed by atoms with van der Waals surface area (Å²) in [7, 11) is 0. The van der Waals surface area contributed by atoms with Crippen LogP contribution in [-0.4, -0.2) is 49.3 Å². The van der Waals surface area contributed by atoms with Crippen molar-refractivity contribution in [2.75, 3.05) is 13.2 Å². The maximum absolute atomic E-state index is 13.0. The largest absolute Gasteiger partial charge is 0.377 e. The van der Waals surface area contributed by atoms with Gasteiger partial charge >= 0.3 is 0 Å². The summed E-state index contributed by atoms with van der Waals surface area (Å²) in [6, 6.07) is 8.56. The molecule has 2 atom stereocenters. The van der Waals surface area contributed by atoms with Crippen LogP contribution >= 0.6 is 0 Å². The average molecular weight is 465 g/mol. The van der Waals surface area contributed by atoms with E-state index in [1.807, 2.05) is 18.2 Å². The molecule has 1 aliphatic heterocycles. The van der Waals surface area contributed by atoms with Gasteiger partial charge in [0.15, 0.2) is 5.82 Å². The minimum Gasteiger partial charge on any atom is -0.377 e. The Morgan fingerprint density at radius 2 is 2.03 bits per heavy atom. The minimum atomic E-state index is -0.0320. The molecule has 3 aromatic rings. The number of ether oxygens (including phenoxy) is 1. The maximum atomic E-state index is 13.0. The highest BCUT2D eigenvalue weighted by Crippen LogP contribution is 2.32. The normalized spacial score (nSPS) is 20.4. The van der Waals surface area contributed by atoms with Gasteiger partial charge < -0.3 is 9.72 Å². The van der Waals surface area contributed by atoms with Crippen molar-refractivity contribution in [1.29, 1.82) is 0 Å². The van der Waals surface area contributed by atoms with Crippen molar-refractivity contribution >= 4 is 10.9 Å². The van der Waals surface area contributed by atoms with Crippen LogP contribution < -0.4 is 5.56 Å². The summed E-state index contributed by atoms with van der Waals surface area (Å²) in [5, 5.41) is 14.1. The van der Waals surface area contributed by atoms with Crippen LogP contribution in [0.2, 0.25) is 0 Å². The highest BCUT2D eigenvalue weighted by Gasteiger charge is 2.31. The Morgan fingerprint density at radius 3 is 2.79 bits per heavy atom. The van der Waals surface area contributed by atoms with E-state index in [1.165, 1.54) is 24.8 Å². The van der Waals surface area contributed by atoms with Crippen molar-refractivity contribution in [1.82, 2.24) is 30.1 Å². The van der Waals surface area contributed by atoms with Gasteiger partial charge in [-0.1, -0.05) is 37.8 Å². The number of aryl methyl sites for hydroxylation is 1. The second kappa shape index (κ2) is 10.4. The lowest BCUT2D eigenvalue weighted by molar-refractivity contribution is 0.0481. The van der Waals surface area contributed by atoms with Crippen molar-refractivity contribution in [2.45, 2.75) is 89.9 Å². The Hall–Kier alpha value is -2.58. The predicted molar refractivity (Wildman–Crippen MR) is 132 cm³/mol. The second-order valence-corrected chi connectivity index (χ2v) is 9.98. The van der Waals surface area contributed by atoms with Crippen LogP contribution in [0.4, 0.5) is 0 Å². The first-order chi connectivity index (χ1) is 16.6. The van der Waals surface area contributed by atoms with Gasteiger partial charge in [-0.15, -0.1) is 5.10 Å². The SMILES string of the molecule is CCC(c1nnnn1C1CCCCC1)N(Cc1cc2cc(C)ccc2[nH]c1=O)CC1CCCO1. The van der Waals surface area contributed by atoms with Crippen molar-refractivity contribution in [2.24, 2.45) is 0 Å². The molecule has 0 bridgehead atoms. The predicted octanol–water partition coefficient (Wildman–Crippen LogP) is 4.46. The molecule has 8 nitrogen and oxygen atoms in total. The number of benzene rings is 1. The van der Waals surface area contributed by atoms with Gasteiger partial charge in [-0.2, -0.15) is 0 Å². The van der Waals surface area contributed by atoms with E-state index in [4.69, 9.17) is 4.74 Å². The summed E-state index contributed by atoms with van der Waals surface area (Å²) in [5.74, 6) is 0.917. The summed E-state index contributed by atoms with van der Waals surface area (Å²) < 4.78 is 8.08. The molecule has 3 heterocycles. The zero-order valence-electron chi connectivity index (χ0n) is 20.4. The van der Waals surface area contributed by atoms with Crippen LogP contribution in [0.5, 0.6) is 0 Å². The molecule has 5 rings (SSSR count). The molecule has 1 saturated carbocycles. The molecule has 0 radical (unpaired) electrons. The van der Waals surface area contributed by atoms with Crippen LogP contribution in [0, 0.1) is 6.92 Å². The molecule has 8 heteroatoms. The third-order valence-electron chi connectivity index (χ3n) is 7.48. The van der Waals surface area contributed by atoms with Crippen molar-refractivity contribution < 1.29 is 4.74 Å². The van der Waals surface area contributed by atoms with Crippen LogP contribution in [0.15, 0.2) is 29.1 Å². The number of aromatic amines is 1. The fraction of sp³-hybridized carbons (Fsp3) is 0.615. The van der Waals surface area contributed by atoms with E-state index in [0.29, 0.717) is 12.6 Å². The van der Waals surface area contributed by atoms with Crippen LogP contribution in [-0.2, 0) is 11.3 Å². The molecule has 1 saturated heterocycles. The molecule has 2 aromatic heterocycles. The van der Waals surface area contributed by atoms with Gasteiger partial charge in [0, 0.05) is 30.8 Å². The number of tetrazole rings is 1. The van der Waals surface area contributed by atoms with Gasteiger partial charge in [0.2, 0.25) is 0 Å². The van der Waals surface area contributed by atoms with Crippen LogP contribution in [0.3, 0.4) is 0 Å². The highest BCUT2D eigenvalue weighted by molar-refractivity contribution is 5.79. The lowest BCUT2D eigenvalue weighted by atomic mass is 9.95. The number of nitrogens with one attached hydrogen (secondary N) is 1. The third-order valence-corrected chi connectivity index (χ3v) is 7.48. The Bertz CT molecular complexity index is 1160. The molecular weight excluding hydrogens is 428 g/mol. The molecule has 2 aliphatic rings. The fourth-order valence-corrected chi connectivity index (χ4v) is 5.67. The molecule has 182 valence electrons. The maximum Gasteiger partial charge on any atom is 0.252 e. The lowest BCUT2D eigenvalue weighted by Gasteiger charge is -2.33. The summed E-state index contributed by atoms with van der Waals surface area (Å²) >= 11 is 0. The average Bonchev–Trinajstić information content (AvgIpc) is 3.53. The molecule has 2 fully saturated rings. The number of H-pyrrole nitrogens is 1. The zero-order chi connectivity index (χ0) is 23.5. The number of pyridine rings is 1. The first-order valence-corrected chi connectivity index (χ1v) is 12.9. The van der Waals surface area contributed by atoms with Crippen LogP contribution in [0.1, 0.15) is 87.3 Å². The van der Waals surface area contributed by atoms with E-state index >= 15 is 0 Å². The van der Waals surface area contributed by atoms with Crippen molar-refractivity contribution in [3.63, 3.8) is 0 Å². The first kappa shape index (κ1) is 23.2. The Balaban J connectivity index is 1.48. The summed E-state index contributed by atoms with van der Waals surface area (Å²) in [6.07, 6.45) is 9.19. The molecule has 0 amide bonds. The first-order valence-electron chi connectivity index (χ1n) is 12.9. The van der Waals surface area contributed by atoms with Gasteiger partial charge in [-0.25, -0.2) is 4.68 Å². The third kappa shape index (κ3) is 4.93. The van der Waals surface area contributed by atoms with E-state index < -0.39 is 0 Å². The Labute approximate surface area is 200 Å². The highest BCUT2D eigenvalue weighted by atomic mass is 16.5. The number of nitrogens with zero attached hydrogens (tertiary/aromatic N) is 5. The summed E-state index contributed by atoms with van der Waals surface area (Å²) in [6.45, 7) is 6.37. The molecule has 1 aliphatic carbocycles. The second-order valence-electron chi connectivity index (χ2n) is 9.98. The molecule has 0 spiro atoms. The van der Waals surface area contributed by atoms with Gasteiger partial charge in [0.05, 0.1) is 18.2 Å². The fourth-order valence-electron chi connectivity index (χ4n) is 5.67. The summed E-state index contributed by atoms with van der Waals surface area (Å²) in [5.41, 5.74) is 2.79. The summed E-state index contributed by atoms with van der Waals surface area (Å²) in [4.78, 5) is 18.5. The number of hydrogen-bond acceptors (Lipinski definition) is 6. The molecule has 34 heavy (non-hydrogen) atoms. The standard InChI is InChI=1S/C26H36N6O2/c1-3-24(25-28-29-30-32(25)21-8-5-4-6-9-21)31(17-22-10-7-13-34-22)16-20-15-19-14-18(2)11-12-23(19)27-26(20)33/h11-12,14-15,21-22,24H,3-10,13,16-17H2,1-2H3,(H,27,33).